The van der Waals surface area contributed by atoms with Gasteiger partial charge in [-0.3, -0.25) is 10.00 Å². The summed E-state index contributed by atoms with van der Waals surface area (Å²) in [5.74, 6) is 2.33. The van der Waals surface area contributed by atoms with E-state index in [1.54, 1.807) is 0 Å². The van der Waals surface area contributed by atoms with Crippen LogP contribution in [0.2, 0.25) is 0 Å². The lowest BCUT2D eigenvalue weighted by Gasteiger charge is -2.34. The standard InChI is InChI=1S/C21H26N8O/c1-16-15-19(27-26-16)23-20-22-18(8-7-17-5-3-2-4-6-17)24-21(25-20)29-11-9-28(10-12-29)13-14-30/h2-8,15,30H,9-14H2,1H3,(H2,22,23,24,25,26,27)/b8-7+. The fourth-order valence-electron chi connectivity index (χ4n) is 3.30. The highest BCUT2D eigenvalue weighted by atomic mass is 16.3. The molecule has 3 N–H and O–H groups in total. The largest absolute Gasteiger partial charge is 0.395 e. The number of benzene rings is 1. The molecule has 3 heterocycles. The predicted molar refractivity (Wildman–Crippen MR) is 118 cm³/mol. The molecule has 0 aliphatic carbocycles. The second-order valence-corrected chi connectivity index (χ2v) is 7.17. The Morgan fingerprint density at radius 3 is 2.57 bits per heavy atom. The molecule has 4 rings (SSSR count). The van der Waals surface area contributed by atoms with E-state index in [9.17, 15) is 0 Å². The van der Waals surface area contributed by atoms with E-state index in [1.807, 2.05) is 55.5 Å². The first-order valence-corrected chi connectivity index (χ1v) is 10.1. The van der Waals surface area contributed by atoms with Crippen LogP contribution in [-0.4, -0.2) is 74.5 Å². The maximum Gasteiger partial charge on any atom is 0.233 e. The van der Waals surface area contributed by atoms with Crippen molar-refractivity contribution < 1.29 is 5.11 Å². The number of β-amino-alcohol motifs (C(OH)–C–C–N with tert-alkyl or cyclic N) is 1. The molecule has 2 aromatic heterocycles. The summed E-state index contributed by atoms with van der Waals surface area (Å²) < 4.78 is 0. The summed E-state index contributed by atoms with van der Waals surface area (Å²) in [6.07, 6.45) is 3.88. The molecule has 30 heavy (non-hydrogen) atoms. The summed E-state index contributed by atoms with van der Waals surface area (Å²) in [5, 5.41) is 19.4. The van der Waals surface area contributed by atoms with Crippen molar-refractivity contribution in [3.63, 3.8) is 0 Å². The first-order valence-electron chi connectivity index (χ1n) is 10.1. The first-order chi connectivity index (χ1) is 14.7. The number of rotatable bonds is 7. The average molecular weight is 406 g/mol. The molecule has 1 aromatic carbocycles. The molecule has 0 unspecified atom stereocenters. The van der Waals surface area contributed by atoms with Gasteiger partial charge in [0.05, 0.1) is 6.61 Å². The van der Waals surface area contributed by atoms with Gasteiger partial charge in [-0.1, -0.05) is 36.4 Å². The van der Waals surface area contributed by atoms with Crippen molar-refractivity contribution in [3.05, 3.63) is 53.5 Å². The summed E-state index contributed by atoms with van der Waals surface area (Å²) >= 11 is 0. The van der Waals surface area contributed by atoms with Gasteiger partial charge in [0, 0.05) is 44.5 Å². The lowest BCUT2D eigenvalue weighted by molar-refractivity contribution is 0.188. The van der Waals surface area contributed by atoms with E-state index in [0.29, 0.717) is 30.1 Å². The quantitative estimate of drug-likeness (QED) is 0.547. The molecule has 3 aromatic rings. The van der Waals surface area contributed by atoms with Crippen molar-refractivity contribution in [2.75, 3.05) is 49.5 Å². The number of nitrogens with zero attached hydrogens (tertiary/aromatic N) is 6. The van der Waals surface area contributed by atoms with Crippen molar-refractivity contribution in [3.8, 4) is 0 Å². The fourth-order valence-corrected chi connectivity index (χ4v) is 3.30. The number of aryl methyl sites for hydroxylation is 1. The van der Waals surface area contributed by atoms with Crippen LogP contribution in [0.3, 0.4) is 0 Å². The van der Waals surface area contributed by atoms with E-state index in [4.69, 9.17) is 5.11 Å². The van der Waals surface area contributed by atoms with Crippen LogP contribution in [0.4, 0.5) is 17.7 Å². The van der Waals surface area contributed by atoms with E-state index < -0.39 is 0 Å². The Hall–Kier alpha value is -3.30. The third-order valence-corrected chi connectivity index (χ3v) is 4.88. The summed E-state index contributed by atoms with van der Waals surface area (Å²) in [6, 6.07) is 11.9. The van der Waals surface area contributed by atoms with E-state index >= 15 is 0 Å². The predicted octanol–water partition coefficient (Wildman–Crippen LogP) is 1.93. The summed E-state index contributed by atoms with van der Waals surface area (Å²) in [4.78, 5) is 18.2. The van der Waals surface area contributed by atoms with Crippen LogP contribution >= 0.6 is 0 Å². The molecule has 0 spiro atoms. The van der Waals surface area contributed by atoms with Gasteiger partial charge in [-0.2, -0.15) is 20.1 Å². The Balaban J connectivity index is 1.58. The molecule has 0 amide bonds. The van der Waals surface area contributed by atoms with Crippen molar-refractivity contribution in [1.29, 1.82) is 0 Å². The number of aromatic amines is 1. The van der Waals surface area contributed by atoms with Crippen LogP contribution in [0.5, 0.6) is 0 Å². The molecule has 9 heteroatoms. The van der Waals surface area contributed by atoms with E-state index in [-0.39, 0.29) is 6.61 Å². The van der Waals surface area contributed by atoms with Crippen molar-refractivity contribution >= 4 is 29.9 Å². The molecular formula is C21H26N8O. The second-order valence-electron chi connectivity index (χ2n) is 7.17. The van der Waals surface area contributed by atoms with E-state index in [1.165, 1.54) is 0 Å². The fraction of sp³-hybridized carbons (Fsp3) is 0.333. The monoisotopic (exact) mass is 406 g/mol. The molecule has 1 saturated heterocycles. The summed E-state index contributed by atoms with van der Waals surface area (Å²) in [6.45, 7) is 6.14. The number of hydrogen-bond acceptors (Lipinski definition) is 8. The zero-order valence-corrected chi connectivity index (χ0v) is 17.0. The molecule has 0 saturated carbocycles. The molecular weight excluding hydrogens is 380 g/mol. The summed E-state index contributed by atoms with van der Waals surface area (Å²) in [7, 11) is 0. The lowest BCUT2D eigenvalue weighted by atomic mass is 10.2. The van der Waals surface area contributed by atoms with Crippen LogP contribution in [0.1, 0.15) is 17.1 Å². The smallest absolute Gasteiger partial charge is 0.233 e. The number of H-pyrrole nitrogens is 1. The van der Waals surface area contributed by atoms with Gasteiger partial charge in [0.1, 0.15) is 0 Å². The van der Waals surface area contributed by atoms with Gasteiger partial charge < -0.3 is 15.3 Å². The third-order valence-electron chi connectivity index (χ3n) is 4.88. The minimum absolute atomic E-state index is 0.178. The van der Waals surface area contributed by atoms with Gasteiger partial charge in [0.15, 0.2) is 11.6 Å². The van der Waals surface area contributed by atoms with Crippen molar-refractivity contribution in [2.24, 2.45) is 0 Å². The topological polar surface area (TPSA) is 106 Å². The molecule has 1 fully saturated rings. The highest BCUT2D eigenvalue weighted by Gasteiger charge is 2.20. The normalized spacial score (nSPS) is 15.1. The third kappa shape index (κ3) is 5.19. The Labute approximate surface area is 175 Å². The Morgan fingerprint density at radius 2 is 1.87 bits per heavy atom. The lowest BCUT2D eigenvalue weighted by Crippen LogP contribution is -2.47. The number of anilines is 3. The maximum absolute atomic E-state index is 9.16. The van der Waals surface area contributed by atoms with E-state index in [2.05, 4.69) is 40.3 Å². The Morgan fingerprint density at radius 1 is 1.07 bits per heavy atom. The highest BCUT2D eigenvalue weighted by Crippen LogP contribution is 2.18. The average Bonchev–Trinajstić information content (AvgIpc) is 3.18. The van der Waals surface area contributed by atoms with Gasteiger partial charge >= 0.3 is 0 Å². The number of aromatic nitrogens is 5. The molecule has 9 nitrogen and oxygen atoms in total. The van der Waals surface area contributed by atoms with Gasteiger partial charge in [-0.25, -0.2) is 0 Å². The first kappa shape index (κ1) is 20.0. The minimum atomic E-state index is 0.178. The number of piperazine rings is 1. The number of aliphatic hydroxyl groups is 1. The molecule has 0 radical (unpaired) electrons. The number of nitrogens with one attached hydrogen (secondary N) is 2. The van der Waals surface area contributed by atoms with E-state index in [0.717, 1.165) is 37.4 Å². The van der Waals surface area contributed by atoms with Gasteiger partial charge in [-0.05, 0) is 18.6 Å². The van der Waals surface area contributed by atoms with Gasteiger partial charge in [-0.15, -0.1) is 0 Å². The molecule has 1 aliphatic rings. The summed E-state index contributed by atoms with van der Waals surface area (Å²) in [5.41, 5.74) is 2.03. The highest BCUT2D eigenvalue weighted by molar-refractivity contribution is 5.67. The van der Waals surface area contributed by atoms with Crippen molar-refractivity contribution in [2.45, 2.75) is 6.92 Å². The van der Waals surface area contributed by atoms with Crippen LogP contribution in [0.25, 0.3) is 12.2 Å². The molecule has 1 aliphatic heterocycles. The van der Waals surface area contributed by atoms with Crippen LogP contribution < -0.4 is 10.2 Å². The van der Waals surface area contributed by atoms with Gasteiger partial charge in [0.2, 0.25) is 11.9 Å². The molecule has 0 atom stereocenters. The Kier molecular flexibility index (Phi) is 6.31. The molecule has 0 bridgehead atoms. The van der Waals surface area contributed by atoms with Crippen LogP contribution in [-0.2, 0) is 0 Å². The van der Waals surface area contributed by atoms with Crippen LogP contribution in [0.15, 0.2) is 36.4 Å². The zero-order chi connectivity index (χ0) is 20.8. The molecule has 156 valence electrons. The van der Waals surface area contributed by atoms with Crippen molar-refractivity contribution in [1.82, 2.24) is 30.0 Å². The van der Waals surface area contributed by atoms with Crippen LogP contribution in [0, 0.1) is 6.92 Å². The SMILES string of the molecule is Cc1cc(Nc2nc(/C=C/c3ccccc3)nc(N3CCN(CCO)CC3)n2)n[nH]1. The number of aliphatic hydroxyl groups excluding tert-OH is 1. The number of hydrogen-bond donors (Lipinski definition) is 3. The second kappa shape index (κ2) is 9.47. The zero-order valence-electron chi connectivity index (χ0n) is 17.0. The van der Waals surface area contributed by atoms with Gasteiger partial charge in [0.25, 0.3) is 0 Å². The Bertz CT molecular complexity index is 980. The maximum atomic E-state index is 9.16. The minimum Gasteiger partial charge on any atom is -0.395 e.